The van der Waals surface area contributed by atoms with Gasteiger partial charge in [-0.2, -0.15) is 0 Å². The summed E-state index contributed by atoms with van der Waals surface area (Å²) >= 11 is 0. The minimum atomic E-state index is 0.942. The zero-order valence-corrected chi connectivity index (χ0v) is 75.7. The fraction of sp³-hybridized carbons (Fsp3) is 0.0625. The molecule has 0 saturated heterocycles. The molecule has 0 bridgehead atoms. The van der Waals surface area contributed by atoms with Gasteiger partial charge in [0.15, 0.2) is 0 Å². The van der Waals surface area contributed by atoms with Gasteiger partial charge in [0.25, 0.3) is 0 Å². The minimum absolute atomic E-state index is 0.942. The van der Waals surface area contributed by atoms with Crippen molar-refractivity contribution in [1.29, 1.82) is 0 Å². The van der Waals surface area contributed by atoms with E-state index in [0.717, 1.165) is 141 Å². The van der Waals surface area contributed by atoms with Crippen molar-refractivity contribution in [3.05, 3.63) is 454 Å². The maximum absolute atomic E-state index is 5.08. The quantitative estimate of drug-likeness (QED) is 0.138. The third-order valence-electron chi connectivity index (χ3n) is 32.4. The Balaban J connectivity index is 0.0000000829. The second-order valence-electron chi connectivity index (χ2n) is 39.2. The van der Waals surface area contributed by atoms with E-state index in [1.807, 2.05) is 24.8 Å². The topological polar surface area (TPSA) is 121 Å². The predicted octanol–water partition coefficient (Wildman–Crippen LogP) is 29.3. The summed E-state index contributed by atoms with van der Waals surface area (Å²) in [5.74, 6) is 0. The number of rotatable bonds is 0. The van der Waals surface area contributed by atoms with Gasteiger partial charge < -0.3 is 0 Å². The van der Waals surface area contributed by atoms with Crippen molar-refractivity contribution in [3.8, 4) is 89.0 Å². The van der Waals surface area contributed by atoms with E-state index < -0.39 is 0 Å². The Morgan fingerprint density at radius 1 is 0.157 bits per heavy atom. The zero-order valence-electron chi connectivity index (χ0n) is 75.7. The third kappa shape index (κ3) is 10.2. The molecule has 28 aromatic rings. The molecule has 140 heavy (non-hydrogen) atoms. The Morgan fingerprint density at radius 3 is 0.879 bits per heavy atom. The molecule has 0 radical (unpaired) electrons. The molecule has 12 heterocycles. The summed E-state index contributed by atoms with van der Waals surface area (Å²) in [6, 6.07) is 123. The van der Waals surface area contributed by atoms with E-state index in [2.05, 4.69) is 357 Å². The van der Waals surface area contributed by atoms with Crippen molar-refractivity contribution in [2.75, 3.05) is 0 Å². The SMILES string of the molecule is c1ccc2c(c1)Cc1c-2ccc2c1-c1ccc3c(c1C2)c1cccnc1n1c2ccccc2nc31.c1ccc2c(c1)Cc1c-2ccc2c1Cc1c-2ccc2c1c1cccnc1n1c3ccccc3nc21.c1ccc2c(c1)Cc1cc3c(cc1-2)Cc1c-3ccc2c1c1cccnc1n1c3ccccc3nc21.c1ccc2c(c1)Cc1ccc3c(c1-2)Cc1c-3ccc2c1c1cccnc1n1c3ccccc3nc21. The van der Waals surface area contributed by atoms with Crippen LogP contribution in [0.1, 0.15) is 89.0 Å². The lowest BCUT2D eigenvalue weighted by molar-refractivity contribution is 1.17. The molecular weight excluding hydrogens is 1710 g/mol. The van der Waals surface area contributed by atoms with Gasteiger partial charge in [0, 0.05) is 89.4 Å². The van der Waals surface area contributed by atoms with Crippen LogP contribution in [0.15, 0.2) is 365 Å². The van der Waals surface area contributed by atoms with Gasteiger partial charge in [0.1, 0.15) is 45.2 Å². The molecule has 0 saturated carbocycles. The highest BCUT2D eigenvalue weighted by molar-refractivity contribution is 6.22. The molecule has 648 valence electrons. The van der Waals surface area contributed by atoms with Gasteiger partial charge in [-0.1, -0.05) is 206 Å². The highest BCUT2D eigenvalue weighted by Crippen LogP contribution is 2.57. The number of pyridine rings is 8. The van der Waals surface area contributed by atoms with Crippen LogP contribution in [-0.2, 0) is 51.4 Å². The van der Waals surface area contributed by atoms with Gasteiger partial charge in [0.05, 0.1) is 44.1 Å². The molecule has 0 amide bonds. The van der Waals surface area contributed by atoms with Crippen molar-refractivity contribution >= 4 is 154 Å². The van der Waals surface area contributed by atoms with Gasteiger partial charge >= 0.3 is 0 Å². The molecule has 0 aliphatic heterocycles. The number of hydrogen-bond donors (Lipinski definition) is 0. The lowest BCUT2D eigenvalue weighted by atomic mass is 9.93. The standard InChI is InChI=1S/4C32H19N3/c1-2-7-20-18(6-1)16-25-21(20)12-11-19-17-26-22(29(19)25)13-14-24-30(26)23-8-5-15-33-31(23)35-28-10-4-3-9-27(28)34-32(24)35;1-2-7-20-18(6-1)16-19-11-12-21-22-13-14-24-30(26(22)17-25(21)29(19)20)23-8-5-15-33-31(23)35-28-10-4-3-9-27(28)34-32(24)35;1-2-7-19-18(6-1)16-25-20(19)11-12-21-22-13-14-24-30(27(22)17-26(21)25)23-8-5-15-33-31(23)35-29-10-4-3-9-28(29)34-32(24)35;1-2-7-21-18(6-1)14-19-15-26-20(16-25(19)21)17-27-22(26)11-12-24-30(27)23-8-5-13-33-31(23)35-29-10-4-3-9-28(29)34-32(24)35/h3*1-15H,16-17H2;1-13,15-16H,14,17H2. The summed E-state index contributed by atoms with van der Waals surface area (Å²) in [6.07, 6.45) is 15.5. The molecule has 8 aliphatic carbocycles. The lowest BCUT2D eigenvalue weighted by Gasteiger charge is -2.13. The van der Waals surface area contributed by atoms with Gasteiger partial charge in [-0.25, -0.2) is 39.9 Å². The Bertz CT molecular complexity index is 10600. The summed E-state index contributed by atoms with van der Waals surface area (Å²) < 4.78 is 8.92. The van der Waals surface area contributed by atoms with E-state index in [1.54, 1.807) is 0 Å². The summed E-state index contributed by atoms with van der Waals surface area (Å²) in [5, 5.41) is 14.8. The Hall–Kier alpha value is -18.0. The van der Waals surface area contributed by atoms with Crippen molar-refractivity contribution in [3.63, 3.8) is 0 Å². The Morgan fingerprint density at radius 2 is 0.414 bits per heavy atom. The van der Waals surface area contributed by atoms with Crippen molar-refractivity contribution in [1.82, 2.24) is 57.5 Å². The molecule has 16 aromatic carbocycles. The molecule has 0 atom stereocenters. The predicted molar refractivity (Wildman–Crippen MR) is 568 cm³/mol. The summed E-state index contributed by atoms with van der Waals surface area (Å²) in [6.45, 7) is 0. The van der Waals surface area contributed by atoms with E-state index in [9.17, 15) is 0 Å². The molecular formula is C128H76N12. The molecule has 0 N–H and O–H groups in total. The maximum Gasteiger partial charge on any atom is 0.147 e. The van der Waals surface area contributed by atoms with Crippen molar-refractivity contribution in [2.45, 2.75) is 51.4 Å². The smallest absolute Gasteiger partial charge is 0.147 e. The highest BCUT2D eigenvalue weighted by Gasteiger charge is 2.37. The molecule has 12 aromatic heterocycles. The fourth-order valence-electron chi connectivity index (χ4n) is 26.6. The average Bonchev–Trinajstić information content (AvgIpc) is 1.55. The van der Waals surface area contributed by atoms with Gasteiger partial charge in [-0.3, -0.25) is 17.6 Å². The summed E-state index contributed by atoms with van der Waals surface area (Å²) in [4.78, 5) is 39.7. The van der Waals surface area contributed by atoms with E-state index in [4.69, 9.17) is 39.9 Å². The van der Waals surface area contributed by atoms with Gasteiger partial charge in [0.2, 0.25) is 0 Å². The van der Waals surface area contributed by atoms with Crippen molar-refractivity contribution < 1.29 is 0 Å². The molecule has 0 spiro atoms. The maximum atomic E-state index is 5.08. The minimum Gasteiger partial charge on any atom is -0.276 e. The van der Waals surface area contributed by atoms with Crippen LogP contribution < -0.4 is 0 Å². The Kier molecular flexibility index (Phi) is 15.0. The van der Waals surface area contributed by atoms with Crippen LogP contribution in [0.4, 0.5) is 0 Å². The number of hydrogen-bond acceptors (Lipinski definition) is 8. The van der Waals surface area contributed by atoms with Crippen LogP contribution in [0.5, 0.6) is 0 Å². The van der Waals surface area contributed by atoms with Crippen LogP contribution >= 0.6 is 0 Å². The van der Waals surface area contributed by atoms with E-state index >= 15 is 0 Å². The first kappa shape index (κ1) is 75.3. The fourth-order valence-corrected chi connectivity index (χ4v) is 26.6. The van der Waals surface area contributed by atoms with E-state index in [-0.39, 0.29) is 0 Å². The molecule has 36 rings (SSSR count). The van der Waals surface area contributed by atoms with Gasteiger partial charge in [-0.05, 0) is 363 Å². The molecule has 0 unspecified atom stereocenters. The molecule has 12 heteroatoms. The number of aromatic nitrogens is 12. The van der Waals surface area contributed by atoms with E-state index in [0.29, 0.717) is 0 Å². The van der Waals surface area contributed by atoms with E-state index in [1.165, 1.54) is 243 Å². The molecule has 12 nitrogen and oxygen atoms in total. The number of benzene rings is 16. The number of imidazole rings is 4. The number of para-hydroxylation sites is 8. The zero-order chi connectivity index (χ0) is 90.7. The van der Waals surface area contributed by atoms with Gasteiger partial charge in [-0.15, -0.1) is 0 Å². The first-order valence-corrected chi connectivity index (χ1v) is 48.8. The number of nitrogens with zero attached hydrogens (tertiary/aromatic N) is 12. The first-order chi connectivity index (χ1) is 69.4. The van der Waals surface area contributed by atoms with Crippen LogP contribution in [0.25, 0.3) is 243 Å². The van der Waals surface area contributed by atoms with Crippen molar-refractivity contribution in [2.24, 2.45) is 0 Å². The van der Waals surface area contributed by atoms with Crippen LogP contribution in [0, 0.1) is 0 Å². The monoisotopic (exact) mass is 1780 g/mol. The second-order valence-corrected chi connectivity index (χ2v) is 39.2. The van der Waals surface area contributed by atoms with Crippen LogP contribution in [-0.4, -0.2) is 57.5 Å². The summed E-state index contributed by atoms with van der Waals surface area (Å²) in [5.41, 5.74) is 61.7. The molecule has 8 aliphatic rings. The highest BCUT2D eigenvalue weighted by atomic mass is 15.1. The lowest BCUT2D eigenvalue weighted by Crippen LogP contribution is -1.96. The average molecular weight is 1780 g/mol. The van der Waals surface area contributed by atoms with Crippen LogP contribution in [0.3, 0.4) is 0 Å². The number of fused-ring (bicyclic) bond motifs is 63. The Labute approximate surface area is 799 Å². The molecule has 0 fully saturated rings. The third-order valence-corrected chi connectivity index (χ3v) is 32.4. The normalized spacial score (nSPS) is 13.5. The first-order valence-electron chi connectivity index (χ1n) is 48.8. The van der Waals surface area contributed by atoms with Crippen LogP contribution in [0.2, 0.25) is 0 Å². The second kappa shape index (κ2) is 27.9. The largest absolute Gasteiger partial charge is 0.276 e. The summed E-state index contributed by atoms with van der Waals surface area (Å²) in [7, 11) is 0.